The number of rotatable bonds is 1. The highest BCUT2D eigenvalue weighted by Gasteiger charge is 2.16. The molecule has 0 unspecified atom stereocenters. The predicted octanol–water partition coefficient (Wildman–Crippen LogP) is 1.53. The highest BCUT2D eigenvalue weighted by molar-refractivity contribution is 8.13. The maximum absolute atomic E-state index is 10.9. The second-order valence-electron chi connectivity index (χ2n) is 2.05. The van der Waals surface area contributed by atoms with Crippen LogP contribution in [0.4, 0.5) is 0 Å². The van der Waals surface area contributed by atoms with Crippen molar-refractivity contribution < 1.29 is 8.42 Å². The lowest BCUT2D eigenvalue weighted by Gasteiger charge is -1.97. The monoisotopic (exact) mass is 236 g/mol. The summed E-state index contributed by atoms with van der Waals surface area (Å²) in [5.41, 5.74) is -0.116. The summed E-state index contributed by atoms with van der Waals surface area (Å²) in [5.74, 6) is 0. The molecule has 4 nitrogen and oxygen atoms in total. The Balaban J connectivity index is 3.50. The molecule has 1 aromatic rings. The molecule has 0 bridgehead atoms. The summed E-state index contributed by atoms with van der Waals surface area (Å²) in [4.78, 5) is 3.17. The summed E-state index contributed by atoms with van der Waals surface area (Å²) >= 11 is 5.45. The Bertz CT molecular complexity index is 478. The maximum Gasteiger partial charge on any atom is 0.264 e. The van der Waals surface area contributed by atoms with Crippen molar-refractivity contribution in [2.45, 2.75) is 4.90 Å². The van der Waals surface area contributed by atoms with E-state index in [1.54, 1.807) is 6.07 Å². The molecule has 68 valence electrons. The molecule has 0 saturated carbocycles. The summed E-state index contributed by atoms with van der Waals surface area (Å²) in [7, 11) is 1.10. The first kappa shape index (κ1) is 10.3. The Morgan fingerprint density at radius 2 is 2.15 bits per heavy atom. The number of halogens is 2. The molecule has 0 radical (unpaired) electrons. The standard InChI is InChI=1S/C6H2Cl2N2O2S/c7-6-1-4(2-9)5(3-10-6)13(8,11)12/h1,3H. The van der Waals surface area contributed by atoms with Gasteiger partial charge in [-0.15, -0.1) is 0 Å². The first-order valence-electron chi connectivity index (χ1n) is 2.95. The number of nitrogens with zero attached hydrogens (tertiary/aromatic N) is 2. The molecule has 1 rings (SSSR count). The molecule has 0 atom stereocenters. The van der Waals surface area contributed by atoms with Gasteiger partial charge in [-0.05, 0) is 6.07 Å². The average molecular weight is 237 g/mol. The van der Waals surface area contributed by atoms with Gasteiger partial charge in [-0.25, -0.2) is 13.4 Å². The predicted molar refractivity (Wildman–Crippen MR) is 47.0 cm³/mol. The number of hydrogen-bond donors (Lipinski definition) is 0. The lowest BCUT2D eigenvalue weighted by Crippen LogP contribution is -1.96. The molecule has 0 aliphatic heterocycles. The van der Waals surface area contributed by atoms with Gasteiger partial charge in [0.2, 0.25) is 0 Å². The van der Waals surface area contributed by atoms with Crippen LogP contribution < -0.4 is 0 Å². The van der Waals surface area contributed by atoms with Crippen molar-refractivity contribution >= 4 is 31.3 Å². The fourth-order valence-electron chi connectivity index (χ4n) is 0.699. The Labute approximate surface area is 84.1 Å². The van der Waals surface area contributed by atoms with Gasteiger partial charge in [0.1, 0.15) is 16.1 Å². The Morgan fingerprint density at radius 1 is 1.54 bits per heavy atom. The van der Waals surface area contributed by atoms with E-state index in [9.17, 15) is 8.42 Å². The number of nitriles is 1. The van der Waals surface area contributed by atoms with Crippen molar-refractivity contribution in [1.29, 1.82) is 5.26 Å². The Kier molecular flexibility index (Phi) is 2.76. The van der Waals surface area contributed by atoms with Crippen LogP contribution in [0.15, 0.2) is 17.2 Å². The first-order valence-corrected chi connectivity index (χ1v) is 5.64. The SMILES string of the molecule is N#Cc1cc(Cl)ncc1S(=O)(=O)Cl. The second-order valence-corrected chi connectivity index (χ2v) is 4.97. The van der Waals surface area contributed by atoms with Gasteiger partial charge in [0.15, 0.2) is 0 Å². The van der Waals surface area contributed by atoms with Crippen LogP contribution in [0.3, 0.4) is 0 Å². The van der Waals surface area contributed by atoms with Crippen LogP contribution in [0, 0.1) is 11.3 Å². The summed E-state index contributed by atoms with van der Waals surface area (Å²) in [6, 6.07) is 2.79. The highest BCUT2D eigenvalue weighted by atomic mass is 35.7. The quantitative estimate of drug-likeness (QED) is 0.548. The zero-order valence-electron chi connectivity index (χ0n) is 6.03. The summed E-state index contributed by atoms with van der Waals surface area (Å²) in [6.45, 7) is 0. The van der Waals surface area contributed by atoms with Gasteiger partial charge in [-0.2, -0.15) is 5.26 Å². The Hall–Kier alpha value is -0.830. The molecular weight excluding hydrogens is 235 g/mol. The largest absolute Gasteiger partial charge is 0.264 e. The van der Waals surface area contributed by atoms with Crippen molar-refractivity contribution in [2.75, 3.05) is 0 Å². The second kappa shape index (κ2) is 3.50. The van der Waals surface area contributed by atoms with Gasteiger partial charge in [0.25, 0.3) is 9.05 Å². The van der Waals surface area contributed by atoms with Crippen molar-refractivity contribution in [1.82, 2.24) is 4.98 Å². The van der Waals surface area contributed by atoms with Crippen LogP contribution in [-0.2, 0) is 9.05 Å². The molecule has 7 heteroatoms. The lowest BCUT2D eigenvalue weighted by atomic mass is 10.3. The molecule has 0 aliphatic carbocycles. The highest BCUT2D eigenvalue weighted by Crippen LogP contribution is 2.20. The van der Waals surface area contributed by atoms with E-state index in [0.717, 1.165) is 12.3 Å². The fourth-order valence-corrected chi connectivity index (χ4v) is 1.77. The van der Waals surface area contributed by atoms with E-state index in [2.05, 4.69) is 4.98 Å². The van der Waals surface area contributed by atoms with Gasteiger partial charge in [-0.3, -0.25) is 0 Å². The van der Waals surface area contributed by atoms with E-state index < -0.39 is 9.05 Å². The minimum Gasteiger partial charge on any atom is -0.243 e. The molecule has 1 heterocycles. The van der Waals surface area contributed by atoms with Gasteiger partial charge in [0, 0.05) is 16.9 Å². The molecule has 0 aliphatic rings. The third kappa shape index (κ3) is 2.31. The molecule has 0 saturated heterocycles. The maximum atomic E-state index is 10.9. The third-order valence-corrected chi connectivity index (χ3v) is 2.77. The van der Waals surface area contributed by atoms with E-state index in [1.807, 2.05) is 0 Å². The van der Waals surface area contributed by atoms with Gasteiger partial charge >= 0.3 is 0 Å². The van der Waals surface area contributed by atoms with Crippen molar-refractivity contribution in [3.8, 4) is 6.07 Å². The van der Waals surface area contributed by atoms with Crippen LogP contribution in [0.1, 0.15) is 5.56 Å². The minimum absolute atomic E-state index is 0.0422. The fraction of sp³-hybridized carbons (Fsp3) is 0. The number of pyridine rings is 1. The summed E-state index contributed by atoms with van der Waals surface area (Å²) < 4.78 is 21.7. The zero-order valence-corrected chi connectivity index (χ0v) is 8.36. The van der Waals surface area contributed by atoms with Crippen molar-refractivity contribution in [3.63, 3.8) is 0 Å². The zero-order chi connectivity index (χ0) is 10.1. The lowest BCUT2D eigenvalue weighted by molar-refractivity contribution is 0.609. The summed E-state index contributed by atoms with van der Waals surface area (Å²) in [6.07, 6.45) is 0.948. The van der Waals surface area contributed by atoms with Crippen LogP contribution >= 0.6 is 22.3 Å². The molecule has 0 spiro atoms. The molecule has 1 aromatic heterocycles. The molecule has 13 heavy (non-hydrogen) atoms. The van der Waals surface area contributed by atoms with Crippen LogP contribution in [-0.4, -0.2) is 13.4 Å². The van der Waals surface area contributed by atoms with E-state index in [4.69, 9.17) is 27.5 Å². The number of hydrogen-bond acceptors (Lipinski definition) is 4. The average Bonchev–Trinajstić information content (AvgIpc) is 2.01. The molecule has 0 aromatic carbocycles. The van der Waals surface area contributed by atoms with Crippen molar-refractivity contribution in [2.24, 2.45) is 0 Å². The molecule has 0 fully saturated rings. The van der Waals surface area contributed by atoms with Crippen LogP contribution in [0.2, 0.25) is 5.15 Å². The topological polar surface area (TPSA) is 70.8 Å². The van der Waals surface area contributed by atoms with E-state index in [-0.39, 0.29) is 15.6 Å². The van der Waals surface area contributed by atoms with Crippen molar-refractivity contribution in [3.05, 3.63) is 23.0 Å². The molecule has 0 amide bonds. The molecular formula is C6H2Cl2N2O2S. The normalized spacial score (nSPS) is 10.8. The Morgan fingerprint density at radius 3 is 2.62 bits per heavy atom. The van der Waals surface area contributed by atoms with Gasteiger partial charge < -0.3 is 0 Å². The van der Waals surface area contributed by atoms with E-state index in [0.29, 0.717) is 0 Å². The van der Waals surface area contributed by atoms with Crippen LogP contribution in [0.5, 0.6) is 0 Å². The number of aromatic nitrogens is 1. The minimum atomic E-state index is -3.93. The third-order valence-electron chi connectivity index (χ3n) is 1.22. The van der Waals surface area contributed by atoms with Gasteiger partial charge in [0.05, 0.1) is 5.56 Å². The molecule has 0 N–H and O–H groups in total. The first-order chi connectivity index (χ1) is 5.95. The summed E-state index contributed by atoms with van der Waals surface area (Å²) in [5, 5.41) is 8.59. The van der Waals surface area contributed by atoms with Gasteiger partial charge in [-0.1, -0.05) is 11.6 Å². The smallest absolute Gasteiger partial charge is 0.243 e. The van der Waals surface area contributed by atoms with E-state index >= 15 is 0 Å². The van der Waals surface area contributed by atoms with Crippen LogP contribution in [0.25, 0.3) is 0 Å². The van der Waals surface area contributed by atoms with E-state index in [1.165, 1.54) is 0 Å².